The van der Waals surface area contributed by atoms with Crippen molar-refractivity contribution in [2.45, 2.75) is 5.37 Å². The van der Waals surface area contributed by atoms with Crippen LogP contribution in [-0.4, -0.2) is 29.4 Å². The maximum absolute atomic E-state index is 4.39. The summed E-state index contributed by atoms with van der Waals surface area (Å²) in [6.07, 6.45) is 5.80. The summed E-state index contributed by atoms with van der Waals surface area (Å²) in [6, 6.07) is 0. The minimum Gasteiger partial charge on any atom is -0.320 e. The van der Waals surface area contributed by atoms with Crippen LogP contribution in [0.25, 0.3) is 0 Å². The van der Waals surface area contributed by atoms with Crippen molar-refractivity contribution in [3.8, 4) is 0 Å². The number of aryl methyl sites for hydroxylation is 1. The zero-order chi connectivity index (χ0) is 9.42. The Bertz CT molecular complexity index is 344. The van der Waals surface area contributed by atoms with E-state index in [1.54, 1.807) is 11.8 Å². The molecule has 1 aliphatic heterocycles. The van der Waals surface area contributed by atoms with E-state index in [-0.39, 0.29) is 5.37 Å². The molecular formula is C8H12N4S. The maximum Gasteiger partial charge on any atom is 0.137 e. The summed E-state index contributed by atoms with van der Waals surface area (Å²) in [4.78, 5) is 6.39. The van der Waals surface area contributed by atoms with Crippen LogP contribution >= 0.6 is 11.8 Å². The second kappa shape index (κ2) is 3.06. The lowest BCUT2D eigenvalue weighted by molar-refractivity contribution is 0.761. The van der Waals surface area contributed by atoms with Gasteiger partial charge in [0.05, 0.1) is 12.5 Å². The molecule has 1 aliphatic rings. The van der Waals surface area contributed by atoms with Gasteiger partial charge in [0.15, 0.2) is 0 Å². The monoisotopic (exact) mass is 196 g/mol. The third-order valence-corrected chi connectivity index (χ3v) is 2.96. The number of hydrogen-bond donors (Lipinski definition) is 0. The largest absolute Gasteiger partial charge is 0.320 e. The lowest BCUT2D eigenvalue weighted by Crippen LogP contribution is -2.22. The first kappa shape index (κ1) is 8.62. The molecule has 0 amide bonds. The predicted octanol–water partition coefficient (Wildman–Crippen LogP) is 1.26. The first-order valence-electron chi connectivity index (χ1n) is 4.05. The van der Waals surface area contributed by atoms with E-state index in [9.17, 15) is 0 Å². The van der Waals surface area contributed by atoms with Crippen molar-refractivity contribution in [1.29, 1.82) is 0 Å². The summed E-state index contributed by atoms with van der Waals surface area (Å²) in [5, 5.41) is 4.44. The standard InChI is InChI=1S/C8H12N4S/c1-11-5-9-7(13-3)6-4-10-12(2)8(6)11/h4-5,7H,1-3H3. The average molecular weight is 196 g/mol. The lowest BCUT2D eigenvalue weighted by Gasteiger charge is -2.23. The second-order valence-corrected chi connectivity index (χ2v) is 3.93. The number of aliphatic imine (C=N–C) groups is 1. The summed E-state index contributed by atoms with van der Waals surface area (Å²) < 4.78 is 1.88. The zero-order valence-corrected chi connectivity index (χ0v) is 8.75. The van der Waals surface area contributed by atoms with Crippen molar-refractivity contribution in [2.75, 3.05) is 18.2 Å². The number of rotatable bonds is 1. The van der Waals surface area contributed by atoms with Gasteiger partial charge >= 0.3 is 0 Å². The van der Waals surface area contributed by atoms with Crippen LogP contribution in [0.2, 0.25) is 0 Å². The number of aromatic nitrogens is 2. The van der Waals surface area contributed by atoms with Crippen molar-refractivity contribution in [1.82, 2.24) is 9.78 Å². The molecule has 0 fully saturated rings. The molecule has 0 spiro atoms. The Morgan fingerprint density at radius 3 is 2.92 bits per heavy atom. The molecule has 0 saturated heterocycles. The van der Waals surface area contributed by atoms with Gasteiger partial charge in [-0.1, -0.05) is 0 Å². The van der Waals surface area contributed by atoms with E-state index in [2.05, 4.69) is 16.3 Å². The first-order valence-corrected chi connectivity index (χ1v) is 5.33. The normalized spacial score (nSPS) is 20.5. The van der Waals surface area contributed by atoms with Crippen LogP contribution in [0, 0.1) is 0 Å². The highest BCUT2D eigenvalue weighted by Crippen LogP contribution is 2.36. The topological polar surface area (TPSA) is 33.4 Å². The van der Waals surface area contributed by atoms with Gasteiger partial charge in [-0.25, -0.2) is 0 Å². The number of thioether (sulfide) groups is 1. The van der Waals surface area contributed by atoms with E-state index in [4.69, 9.17) is 0 Å². The Morgan fingerprint density at radius 1 is 1.46 bits per heavy atom. The molecule has 5 heteroatoms. The van der Waals surface area contributed by atoms with Crippen LogP contribution in [0.5, 0.6) is 0 Å². The van der Waals surface area contributed by atoms with Gasteiger partial charge in [-0.05, 0) is 6.26 Å². The molecule has 4 nitrogen and oxygen atoms in total. The lowest BCUT2D eigenvalue weighted by atomic mass is 10.3. The zero-order valence-electron chi connectivity index (χ0n) is 7.93. The molecule has 13 heavy (non-hydrogen) atoms. The minimum absolute atomic E-state index is 0.208. The Morgan fingerprint density at radius 2 is 2.23 bits per heavy atom. The molecule has 1 unspecified atom stereocenters. The van der Waals surface area contributed by atoms with Gasteiger partial charge in [0.2, 0.25) is 0 Å². The fourth-order valence-corrected chi connectivity index (χ4v) is 2.13. The number of fused-ring (bicyclic) bond motifs is 1. The fourth-order valence-electron chi connectivity index (χ4n) is 1.54. The molecule has 0 aliphatic carbocycles. The van der Waals surface area contributed by atoms with Gasteiger partial charge in [-0.3, -0.25) is 9.67 Å². The van der Waals surface area contributed by atoms with E-state index in [0.717, 1.165) is 5.82 Å². The van der Waals surface area contributed by atoms with Crippen LogP contribution in [0.3, 0.4) is 0 Å². The van der Waals surface area contributed by atoms with Gasteiger partial charge in [0.25, 0.3) is 0 Å². The smallest absolute Gasteiger partial charge is 0.137 e. The van der Waals surface area contributed by atoms with Crippen molar-refractivity contribution in [3.63, 3.8) is 0 Å². The van der Waals surface area contributed by atoms with E-state index in [1.807, 2.05) is 36.2 Å². The van der Waals surface area contributed by atoms with Crippen LogP contribution in [0.4, 0.5) is 5.82 Å². The molecule has 70 valence electrons. The number of hydrogen-bond acceptors (Lipinski definition) is 4. The summed E-state index contributed by atoms with van der Waals surface area (Å²) in [7, 11) is 3.94. The maximum atomic E-state index is 4.39. The van der Waals surface area contributed by atoms with Crippen LogP contribution in [-0.2, 0) is 7.05 Å². The van der Waals surface area contributed by atoms with E-state index in [1.165, 1.54) is 5.56 Å². The first-order chi connectivity index (χ1) is 6.24. The Labute approximate surface area is 81.6 Å². The van der Waals surface area contributed by atoms with Gasteiger partial charge in [-0.15, -0.1) is 11.8 Å². The molecule has 0 aromatic carbocycles. The highest BCUT2D eigenvalue weighted by atomic mass is 32.2. The SMILES string of the molecule is CSC1N=CN(C)c2c1cnn2C. The van der Waals surface area contributed by atoms with E-state index >= 15 is 0 Å². The summed E-state index contributed by atoms with van der Waals surface area (Å²) >= 11 is 1.73. The highest BCUT2D eigenvalue weighted by molar-refractivity contribution is 7.98. The molecule has 0 saturated carbocycles. The fraction of sp³-hybridized carbons (Fsp3) is 0.500. The Hall–Kier alpha value is -0.970. The highest BCUT2D eigenvalue weighted by Gasteiger charge is 2.22. The molecule has 0 radical (unpaired) electrons. The van der Waals surface area contributed by atoms with Gasteiger partial charge in [0, 0.05) is 19.7 Å². The molecule has 2 rings (SSSR count). The summed E-state index contributed by atoms with van der Waals surface area (Å²) in [5.41, 5.74) is 1.19. The van der Waals surface area contributed by atoms with Gasteiger partial charge in [0.1, 0.15) is 11.2 Å². The number of nitrogens with zero attached hydrogens (tertiary/aromatic N) is 4. The molecule has 0 bridgehead atoms. The second-order valence-electron chi connectivity index (χ2n) is 3.01. The predicted molar refractivity (Wildman–Crippen MR) is 56.4 cm³/mol. The van der Waals surface area contributed by atoms with Crippen LogP contribution in [0.15, 0.2) is 11.2 Å². The molecule has 0 N–H and O–H groups in total. The Balaban J connectivity index is 2.49. The quantitative estimate of drug-likeness (QED) is 0.678. The van der Waals surface area contributed by atoms with Gasteiger partial charge < -0.3 is 4.90 Å². The third kappa shape index (κ3) is 1.23. The minimum atomic E-state index is 0.208. The number of anilines is 1. The van der Waals surface area contributed by atoms with Crippen LogP contribution in [0.1, 0.15) is 10.9 Å². The third-order valence-electron chi connectivity index (χ3n) is 2.13. The molecular weight excluding hydrogens is 184 g/mol. The Kier molecular flexibility index (Phi) is 2.03. The van der Waals surface area contributed by atoms with Crippen molar-refractivity contribution in [2.24, 2.45) is 12.0 Å². The summed E-state index contributed by atoms with van der Waals surface area (Å²) in [5.74, 6) is 1.13. The van der Waals surface area contributed by atoms with Crippen molar-refractivity contribution in [3.05, 3.63) is 11.8 Å². The molecule has 1 aromatic rings. The molecule has 1 aromatic heterocycles. The average Bonchev–Trinajstić information content (AvgIpc) is 2.50. The van der Waals surface area contributed by atoms with Crippen molar-refractivity contribution >= 4 is 23.9 Å². The molecule has 1 atom stereocenters. The van der Waals surface area contributed by atoms with Crippen molar-refractivity contribution < 1.29 is 0 Å². The van der Waals surface area contributed by atoms with Crippen LogP contribution < -0.4 is 4.90 Å². The van der Waals surface area contributed by atoms with E-state index < -0.39 is 0 Å². The molecule has 2 heterocycles. The van der Waals surface area contributed by atoms with E-state index in [0.29, 0.717) is 0 Å². The van der Waals surface area contributed by atoms with Gasteiger partial charge in [-0.2, -0.15) is 5.10 Å². The summed E-state index contributed by atoms with van der Waals surface area (Å²) in [6.45, 7) is 0.